The third-order valence-electron chi connectivity index (χ3n) is 4.83. The van der Waals surface area contributed by atoms with Crippen molar-refractivity contribution in [1.82, 2.24) is 9.88 Å². The summed E-state index contributed by atoms with van der Waals surface area (Å²) in [6.45, 7) is 0.874. The van der Waals surface area contributed by atoms with Crippen LogP contribution in [-0.4, -0.2) is 28.1 Å². The first-order chi connectivity index (χ1) is 11.5. The van der Waals surface area contributed by atoms with E-state index in [2.05, 4.69) is 5.32 Å². The number of fused-ring (bicyclic) bond motifs is 1. The second-order valence-corrected chi connectivity index (χ2v) is 6.94. The van der Waals surface area contributed by atoms with Gasteiger partial charge >= 0.3 is 5.97 Å². The molecule has 0 aliphatic heterocycles. The standard InChI is InChI=1S/C18H21ClN2O3/c19-15-6-5-13-7-8-21(16(13)9-15)11-17(22)20-10-12-1-3-14(4-2-12)18(23)24/h5-9,12,14H,1-4,10-11H2,(H,20,22)(H,23,24). The highest BCUT2D eigenvalue weighted by Crippen LogP contribution is 2.28. The minimum absolute atomic E-state index is 0.0344. The second kappa shape index (κ2) is 7.26. The van der Waals surface area contributed by atoms with Crippen LogP contribution in [0, 0.1) is 11.8 Å². The molecule has 1 saturated carbocycles. The van der Waals surface area contributed by atoms with Crippen LogP contribution in [0.1, 0.15) is 25.7 Å². The fourth-order valence-corrected chi connectivity index (χ4v) is 3.54. The van der Waals surface area contributed by atoms with E-state index in [1.807, 2.05) is 35.0 Å². The van der Waals surface area contributed by atoms with Gasteiger partial charge in [0.2, 0.25) is 5.91 Å². The molecule has 0 spiro atoms. The van der Waals surface area contributed by atoms with Crippen molar-refractivity contribution in [3.05, 3.63) is 35.5 Å². The van der Waals surface area contributed by atoms with Gasteiger partial charge in [-0.15, -0.1) is 0 Å². The van der Waals surface area contributed by atoms with E-state index in [1.165, 1.54) is 0 Å². The topological polar surface area (TPSA) is 71.3 Å². The number of halogens is 1. The lowest BCUT2D eigenvalue weighted by atomic mass is 9.82. The number of benzene rings is 1. The van der Waals surface area contributed by atoms with Crippen molar-refractivity contribution in [3.8, 4) is 0 Å². The molecule has 128 valence electrons. The lowest BCUT2D eigenvalue weighted by Gasteiger charge is -2.26. The van der Waals surface area contributed by atoms with Gasteiger partial charge in [0.05, 0.1) is 5.92 Å². The van der Waals surface area contributed by atoms with Crippen LogP contribution in [-0.2, 0) is 16.1 Å². The molecule has 0 unspecified atom stereocenters. The lowest BCUT2D eigenvalue weighted by Crippen LogP contribution is -2.34. The van der Waals surface area contributed by atoms with Gasteiger partial charge in [-0.2, -0.15) is 0 Å². The van der Waals surface area contributed by atoms with E-state index in [0.29, 0.717) is 30.3 Å². The predicted molar refractivity (Wildman–Crippen MR) is 93.0 cm³/mol. The Kier molecular flexibility index (Phi) is 5.09. The number of carboxylic acids is 1. The van der Waals surface area contributed by atoms with Crippen molar-refractivity contribution in [2.24, 2.45) is 11.8 Å². The molecule has 1 fully saturated rings. The molecule has 1 aromatic carbocycles. The highest BCUT2D eigenvalue weighted by Gasteiger charge is 2.25. The number of carbonyl (C=O) groups is 2. The number of carbonyl (C=O) groups excluding carboxylic acids is 1. The molecule has 5 nitrogen and oxygen atoms in total. The van der Waals surface area contributed by atoms with Crippen LogP contribution >= 0.6 is 11.6 Å². The Balaban J connectivity index is 1.51. The SMILES string of the molecule is O=C(Cn1ccc2ccc(Cl)cc21)NCC1CCC(C(=O)O)CC1. The van der Waals surface area contributed by atoms with E-state index in [1.54, 1.807) is 0 Å². The molecular formula is C18H21ClN2O3. The van der Waals surface area contributed by atoms with Gasteiger partial charge in [-0.25, -0.2) is 0 Å². The number of hydrogen-bond acceptors (Lipinski definition) is 2. The quantitative estimate of drug-likeness (QED) is 0.870. The number of aliphatic carboxylic acids is 1. The maximum Gasteiger partial charge on any atom is 0.306 e. The van der Waals surface area contributed by atoms with E-state index in [4.69, 9.17) is 16.7 Å². The molecule has 2 aromatic rings. The van der Waals surface area contributed by atoms with Crippen molar-refractivity contribution in [3.63, 3.8) is 0 Å². The van der Waals surface area contributed by atoms with Crippen molar-refractivity contribution < 1.29 is 14.7 Å². The maximum absolute atomic E-state index is 12.2. The van der Waals surface area contributed by atoms with Gasteiger partial charge in [-0.1, -0.05) is 17.7 Å². The number of nitrogens with zero attached hydrogens (tertiary/aromatic N) is 1. The predicted octanol–water partition coefficient (Wildman–Crippen LogP) is 3.30. The molecule has 6 heteroatoms. The van der Waals surface area contributed by atoms with Gasteiger partial charge in [0.15, 0.2) is 0 Å². The Morgan fingerprint density at radius 2 is 1.96 bits per heavy atom. The van der Waals surface area contributed by atoms with E-state index in [9.17, 15) is 9.59 Å². The lowest BCUT2D eigenvalue weighted by molar-refractivity contribution is -0.143. The minimum atomic E-state index is -0.698. The number of carboxylic acid groups (broad SMARTS) is 1. The van der Waals surface area contributed by atoms with Crippen LogP contribution in [0.15, 0.2) is 30.5 Å². The average Bonchev–Trinajstić information content (AvgIpc) is 2.95. The number of aromatic nitrogens is 1. The van der Waals surface area contributed by atoms with Crippen molar-refractivity contribution in [1.29, 1.82) is 0 Å². The zero-order chi connectivity index (χ0) is 17.1. The Bertz CT molecular complexity index is 748. The normalized spacial score (nSPS) is 20.9. The van der Waals surface area contributed by atoms with Crippen molar-refractivity contribution >= 4 is 34.4 Å². The summed E-state index contributed by atoms with van der Waals surface area (Å²) in [5.74, 6) is -0.572. The highest BCUT2D eigenvalue weighted by atomic mass is 35.5. The summed E-state index contributed by atoms with van der Waals surface area (Å²) >= 11 is 6.03. The molecule has 2 N–H and O–H groups in total. The zero-order valence-corrected chi connectivity index (χ0v) is 14.1. The van der Waals surface area contributed by atoms with Crippen LogP contribution in [0.4, 0.5) is 0 Å². The van der Waals surface area contributed by atoms with E-state index in [-0.39, 0.29) is 18.4 Å². The van der Waals surface area contributed by atoms with Crippen molar-refractivity contribution in [2.75, 3.05) is 6.54 Å². The summed E-state index contributed by atoms with van der Waals surface area (Å²) in [7, 11) is 0. The molecule has 0 atom stereocenters. The van der Waals surface area contributed by atoms with Crippen molar-refractivity contribution in [2.45, 2.75) is 32.2 Å². The summed E-state index contributed by atoms with van der Waals surface area (Å²) < 4.78 is 1.89. The smallest absolute Gasteiger partial charge is 0.306 e. The van der Waals surface area contributed by atoms with Crippen LogP contribution in [0.5, 0.6) is 0 Å². The Morgan fingerprint density at radius 1 is 1.21 bits per heavy atom. The first-order valence-corrected chi connectivity index (χ1v) is 8.64. The van der Waals surface area contributed by atoms with Crippen LogP contribution in [0.3, 0.4) is 0 Å². The number of amides is 1. The number of hydrogen-bond donors (Lipinski definition) is 2. The average molecular weight is 349 g/mol. The van der Waals surface area contributed by atoms with Gasteiger partial charge in [0.1, 0.15) is 6.54 Å². The fraction of sp³-hybridized carbons (Fsp3) is 0.444. The molecule has 1 aliphatic rings. The largest absolute Gasteiger partial charge is 0.481 e. The van der Waals surface area contributed by atoms with Gasteiger partial charge < -0.3 is 15.0 Å². The highest BCUT2D eigenvalue weighted by molar-refractivity contribution is 6.31. The molecule has 0 bridgehead atoms. The van der Waals surface area contributed by atoms with E-state index in [0.717, 1.165) is 23.7 Å². The summed E-state index contributed by atoms with van der Waals surface area (Å²) in [6, 6.07) is 7.60. The Morgan fingerprint density at radius 3 is 2.67 bits per heavy atom. The van der Waals surface area contributed by atoms with Crippen LogP contribution < -0.4 is 5.32 Å². The molecule has 1 amide bonds. The number of rotatable bonds is 5. The summed E-state index contributed by atoms with van der Waals surface area (Å²) in [4.78, 5) is 23.1. The van der Waals surface area contributed by atoms with Gasteiger partial charge in [0, 0.05) is 23.3 Å². The minimum Gasteiger partial charge on any atom is -0.481 e. The Hall–Kier alpha value is -2.01. The van der Waals surface area contributed by atoms with Gasteiger partial charge in [-0.05, 0) is 55.2 Å². The van der Waals surface area contributed by atoms with E-state index >= 15 is 0 Å². The summed E-state index contributed by atoms with van der Waals surface area (Å²) in [5, 5.41) is 13.7. The zero-order valence-electron chi connectivity index (χ0n) is 13.4. The molecule has 0 radical (unpaired) electrons. The molecule has 1 aromatic heterocycles. The van der Waals surface area contributed by atoms with Crippen LogP contribution in [0.25, 0.3) is 10.9 Å². The number of nitrogens with one attached hydrogen (secondary N) is 1. The summed E-state index contributed by atoms with van der Waals surface area (Å²) in [5.41, 5.74) is 0.944. The van der Waals surface area contributed by atoms with E-state index < -0.39 is 5.97 Å². The second-order valence-electron chi connectivity index (χ2n) is 6.51. The monoisotopic (exact) mass is 348 g/mol. The molecule has 24 heavy (non-hydrogen) atoms. The summed E-state index contributed by atoms with van der Waals surface area (Å²) in [6.07, 6.45) is 5.02. The fourth-order valence-electron chi connectivity index (χ4n) is 3.38. The molecular weight excluding hydrogens is 328 g/mol. The van der Waals surface area contributed by atoms with Gasteiger partial charge in [0.25, 0.3) is 0 Å². The molecule has 3 rings (SSSR count). The molecule has 0 saturated heterocycles. The Labute approximate surface area is 145 Å². The molecule has 1 aliphatic carbocycles. The van der Waals surface area contributed by atoms with Crippen LogP contribution in [0.2, 0.25) is 5.02 Å². The maximum atomic E-state index is 12.2. The molecule has 1 heterocycles. The first-order valence-electron chi connectivity index (χ1n) is 8.27. The third-order valence-corrected chi connectivity index (χ3v) is 5.07. The third kappa shape index (κ3) is 3.90. The van der Waals surface area contributed by atoms with Gasteiger partial charge in [-0.3, -0.25) is 9.59 Å². The first kappa shape index (κ1) is 16.8.